The standard InChI is InChI=1S/C26H34O2/c1-2-3-4-11-19-24-21-25(20-13-12-16-22-14-7-5-8-15-22)28-26(27-24)23-17-9-6-10-18-23/h5-10,13-15,17-18,20,24-26H,2-4,11-12,16,19,21H2,1H3/b20-13-/t24-,25+,26-/m1/s1. The van der Waals surface area contributed by atoms with Gasteiger partial charge in [-0.1, -0.05) is 105 Å². The molecule has 0 N–H and O–H groups in total. The van der Waals surface area contributed by atoms with Gasteiger partial charge in [0.2, 0.25) is 0 Å². The molecule has 3 rings (SSSR count). The minimum absolute atomic E-state index is 0.130. The molecular formula is C26H34O2. The minimum Gasteiger partial charge on any atom is -0.345 e. The van der Waals surface area contributed by atoms with Gasteiger partial charge in [0.15, 0.2) is 6.29 Å². The SMILES string of the molecule is CCCCCC[C@@H]1C[C@H](/C=C\CCc2ccccc2)O[C@H](c2ccccc2)O1. The smallest absolute Gasteiger partial charge is 0.184 e. The molecule has 3 atom stereocenters. The second-order valence-corrected chi connectivity index (χ2v) is 7.71. The highest BCUT2D eigenvalue weighted by Gasteiger charge is 2.29. The molecule has 2 aromatic rings. The second-order valence-electron chi connectivity index (χ2n) is 7.71. The number of allylic oxidation sites excluding steroid dienone is 1. The highest BCUT2D eigenvalue weighted by molar-refractivity contribution is 5.17. The third-order valence-corrected chi connectivity index (χ3v) is 5.35. The first-order valence-electron chi connectivity index (χ1n) is 10.9. The Hall–Kier alpha value is -1.90. The molecule has 2 heteroatoms. The summed E-state index contributed by atoms with van der Waals surface area (Å²) in [7, 11) is 0. The lowest BCUT2D eigenvalue weighted by molar-refractivity contribution is -0.238. The largest absolute Gasteiger partial charge is 0.345 e. The van der Waals surface area contributed by atoms with Gasteiger partial charge < -0.3 is 9.47 Å². The Morgan fingerprint density at radius 3 is 2.39 bits per heavy atom. The van der Waals surface area contributed by atoms with Crippen molar-refractivity contribution in [1.82, 2.24) is 0 Å². The van der Waals surface area contributed by atoms with Crippen molar-refractivity contribution < 1.29 is 9.47 Å². The van der Waals surface area contributed by atoms with Crippen molar-refractivity contribution in [2.24, 2.45) is 0 Å². The fraction of sp³-hybridized carbons (Fsp3) is 0.462. The molecule has 1 aliphatic heterocycles. The zero-order valence-corrected chi connectivity index (χ0v) is 17.1. The lowest BCUT2D eigenvalue weighted by atomic mass is 10.0. The fourth-order valence-electron chi connectivity index (χ4n) is 3.75. The molecule has 0 bridgehead atoms. The maximum Gasteiger partial charge on any atom is 0.184 e. The number of unbranched alkanes of at least 4 members (excludes halogenated alkanes) is 3. The van der Waals surface area contributed by atoms with E-state index in [1.54, 1.807) is 0 Å². The van der Waals surface area contributed by atoms with Crippen LogP contribution in [-0.2, 0) is 15.9 Å². The van der Waals surface area contributed by atoms with Crippen LogP contribution in [0, 0.1) is 0 Å². The molecule has 0 unspecified atom stereocenters. The quantitative estimate of drug-likeness (QED) is 0.327. The lowest BCUT2D eigenvalue weighted by Gasteiger charge is -2.35. The normalized spacial score (nSPS) is 22.5. The van der Waals surface area contributed by atoms with Crippen LogP contribution in [0.2, 0.25) is 0 Å². The third kappa shape index (κ3) is 6.92. The van der Waals surface area contributed by atoms with E-state index in [0.717, 1.165) is 31.2 Å². The highest BCUT2D eigenvalue weighted by atomic mass is 16.7. The van der Waals surface area contributed by atoms with Gasteiger partial charge in [-0.05, 0) is 24.8 Å². The van der Waals surface area contributed by atoms with Gasteiger partial charge in [0.1, 0.15) is 0 Å². The number of hydrogen-bond acceptors (Lipinski definition) is 2. The van der Waals surface area contributed by atoms with Gasteiger partial charge in [0.05, 0.1) is 12.2 Å². The van der Waals surface area contributed by atoms with Crippen molar-refractivity contribution in [2.75, 3.05) is 0 Å². The Labute approximate surface area is 170 Å². The van der Waals surface area contributed by atoms with Gasteiger partial charge in [-0.15, -0.1) is 0 Å². The van der Waals surface area contributed by atoms with Crippen molar-refractivity contribution in [3.8, 4) is 0 Å². The molecule has 1 fully saturated rings. The summed E-state index contributed by atoms with van der Waals surface area (Å²) in [4.78, 5) is 0. The van der Waals surface area contributed by atoms with Crippen LogP contribution in [-0.4, -0.2) is 12.2 Å². The summed E-state index contributed by atoms with van der Waals surface area (Å²) in [6.45, 7) is 2.26. The monoisotopic (exact) mass is 378 g/mol. The van der Waals surface area contributed by atoms with Crippen molar-refractivity contribution in [1.29, 1.82) is 0 Å². The number of benzene rings is 2. The summed E-state index contributed by atoms with van der Waals surface area (Å²) in [5.41, 5.74) is 2.50. The number of ether oxygens (including phenoxy) is 2. The second kappa shape index (κ2) is 11.8. The number of rotatable bonds is 10. The summed E-state index contributed by atoms with van der Waals surface area (Å²) < 4.78 is 12.6. The molecule has 0 aliphatic carbocycles. The average Bonchev–Trinajstić information content (AvgIpc) is 2.76. The molecular weight excluding hydrogens is 344 g/mol. The van der Waals surface area contributed by atoms with Crippen LogP contribution in [0.4, 0.5) is 0 Å². The van der Waals surface area contributed by atoms with E-state index in [1.165, 1.54) is 31.2 Å². The van der Waals surface area contributed by atoms with Crippen LogP contribution in [0.15, 0.2) is 72.8 Å². The van der Waals surface area contributed by atoms with Crippen LogP contribution in [0.5, 0.6) is 0 Å². The molecule has 2 nitrogen and oxygen atoms in total. The molecule has 0 spiro atoms. The third-order valence-electron chi connectivity index (χ3n) is 5.35. The number of aryl methyl sites for hydroxylation is 1. The van der Waals surface area contributed by atoms with E-state index in [4.69, 9.17) is 9.47 Å². The lowest BCUT2D eigenvalue weighted by Crippen LogP contribution is -2.32. The van der Waals surface area contributed by atoms with Gasteiger partial charge in [-0.3, -0.25) is 0 Å². The summed E-state index contributed by atoms with van der Waals surface area (Å²) >= 11 is 0. The molecule has 28 heavy (non-hydrogen) atoms. The van der Waals surface area contributed by atoms with Gasteiger partial charge in [0.25, 0.3) is 0 Å². The predicted molar refractivity (Wildman–Crippen MR) is 116 cm³/mol. The van der Waals surface area contributed by atoms with Crippen molar-refractivity contribution in [2.45, 2.75) is 76.8 Å². The first kappa shape index (κ1) is 20.8. The van der Waals surface area contributed by atoms with E-state index >= 15 is 0 Å². The highest BCUT2D eigenvalue weighted by Crippen LogP contribution is 2.32. The molecule has 0 saturated carbocycles. The minimum atomic E-state index is -0.255. The van der Waals surface area contributed by atoms with E-state index < -0.39 is 0 Å². The Morgan fingerprint density at radius 2 is 1.64 bits per heavy atom. The van der Waals surface area contributed by atoms with Gasteiger partial charge in [0, 0.05) is 12.0 Å². The van der Waals surface area contributed by atoms with Crippen molar-refractivity contribution >= 4 is 0 Å². The van der Waals surface area contributed by atoms with E-state index in [1.807, 2.05) is 6.07 Å². The average molecular weight is 379 g/mol. The van der Waals surface area contributed by atoms with E-state index in [-0.39, 0.29) is 18.5 Å². The topological polar surface area (TPSA) is 18.5 Å². The first-order chi connectivity index (χ1) is 13.8. The molecule has 1 heterocycles. The summed E-state index contributed by atoms with van der Waals surface area (Å²) in [6, 6.07) is 21.0. The molecule has 150 valence electrons. The van der Waals surface area contributed by atoms with Crippen LogP contribution < -0.4 is 0 Å². The van der Waals surface area contributed by atoms with E-state index in [9.17, 15) is 0 Å². The Kier molecular flexibility index (Phi) is 8.80. The van der Waals surface area contributed by atoms with Gasteiger partial charge in [-0.2, -0.15) is 0 Å². The van der Waals surface area contributed by atoms with E-state index in [0.29, 0.717) is 0 Å². The van der Waals surface area contributed by atoms with Crippen molar-refractivity contribution in [3.63, 3.8) is 0 Å². The van der Waals surface area contributed by atoms with Crippen LogP contribution in [0.1, 0.15) is 69.3 Å². The van der Waals surface area contributed by atoms with Crippen LogP contribution in [0.3, 0.4) is 0 Å². The Balaban J connectivity index is 1.55. The molecule has 1 aliphatic rings. The Morgan fingerprint density at radius 1 is 0.893 bits per heavy atom. The van der Waals surface area contributed by atoms with Crippen LogP contribution in [0.25, 0.3) is 0 Å². The maximum absolute atomic E-state index is 6.30. The molecule has 0 amide bonds. The van der Waals surface area contributed by atoms with E-state index in [2.05, 4.69) is 73.7 Å². The zero-order chi connectivity index (χ0) is 19.4. The summed E-state index contributed by atoms with van der Waals surface area (Å²) in [5.74, 6) is 0. The fourth-order valence-corrected chi connectivity index (χ4v) is 3.75. The van der Waals surface area contributed by atoms with Crippen molar-refractivity contribution in [3.05, 3.63) is 83.9 Å². The summed E-state index contributed by atoms with van der Waals surface area (Å²) in [5, 5.41) is 0. The van der Waals surface area contributed by atoms with Gasteiger partial charge >= 0.3 is 0 Å². The molecule has 0 aromatic heterocycles. The van der Waals surface area contributed by atoms with Crippen LogP contribution >= 0.6 is 0 Å². The predicted octanol–water partition coefficient (Wildman–Crippen LogP) is 7.02. The summed E-state index contributed by atoms with van der Waals surface area (Å²) in [6.07, 6.45) is 14.0. The van der Waals surface area contributed by atoms with Gasteiger partial charge in [-0.25, -0.2) is 0 Å². The first-order valence-corrected chi connectivity index (χ1v) is 10.9. The molecule has 0 radical (unpaired) electrons. The zero-order valence-electron chi connectivity index (χ0n) is 17.1. The molecule has 2 aromatic carbocycles. The molecule has 1 saturated heterocycles. The Bertz CT molecular complexity index is 680. The number of hydrogen-bond donors (Lipinski definition) is 0. The maximum atomic E-state index is 6.30.